The molecule has 7 aromatic carbocycles. The minimum absolute atomic E-state index is 0.631. The maximum atomic E-state index is 5.24. The average Bonchev–Trinajstić information content (AvgIpc) is 3.93. The number of benzene rings is 7. The van der Waals surface area contributed by atoms with Gasteiger partial charge in [0.1, 0.15) is 5.01 Å². The molecule has 0 saturated heterocycles. The number of hydrogen-bond acceptors (Lipinski definition) is 6. The largest absolute Gasteiger partial charge is 0.309 e. The first-order valence-corrected chi connectivity index (χ1v) is 19.1. The van der Waals surface area contributed by atoms with Crippen LogP contribution in [0, 0.1) is 0 Å². The van der Waals surface area contributed by atoms with Crippen molar-refractivity contribution in [2.75, 3.05) is 0 Å². The molecule has 0 radical (unpaired) electrons. The van der Waals surface area contributed by atoms with Crippen LogP contribution in [0.5, 0.6) is 0 Å². The molecule has 0 atom stereocenters. The molecule has 4 aromatic heterocycles. The maximum absolute atomic E-state index is 5.24. The Labute approximate surface area is 312 Å². The Hall–Kier alpha value is -6.54. The monoisotopic (exact) mass is 713 g/mol. The van der Waals surface area contributed by atoms with E-state index < -0.39 is 0 Å². The van der Waals surface area contributed by atoms with Gasteiger partial charge in [-0.2, -0.15) is 0 Å². The Bertz CT molecular complexity index is 3110. The number of thiophene rings is 1. The van der Waals surface area contributed by atoms with Crippen molar-refractivity contribution in [1.29, 1.82) is 0 Å². The zero-order valence-corrected chi connectivity index (χ0v) is 29.8. The topological polar surface area (TPSA) is 56.5 Å². The maximum Gasteiger partial charge on any atom is 0.164 e. The molecule has 0 amide bonds. The van der Waals surface area contributed by atoms with Crippen LogP contribution < -0.4 is 0 Å². The number of para-hydroxylation sites is 3. The highest BCUT2D eigenvalue weighted by molar-refractivity contribution is 7.26. The minimum Gasteiger partial charge on any atom is -0.309 e. The lowest BCUT2D eigenvalue weighted by Gasteiger charge is -2.12. The predicted molar refractivity (Wildman–Crippen MR) is 222 cm³/mol. The molecule has 0 N–H and O–H groups in total. The summed E-state index contributed by atoms with van der Waals surface area (Å²) in [6.07, 6.45) is 0. The second kappa shape index (κ2) is 12.0. The fourth-order valence-electron chi connectivity index (χ4n) is 7.47. The van der Waals surface area contributed by atoms with Crippen molar-refractivity contribution in [2.45, 2.75) is 0 Å². The summed E-state index contributed by atoms with van der Waals surface area (Å²) in [5.74, 6) is 1.92. The number of thiazole rings is 1. The highest BCUT2D eigenvalue weighted by atomic mass is 32.1. The number of aromatic nitrogens is 5. The van der Waals surface area contributed by atoms with Crippen LogP contribution in [0.25, 0.3) is 103 Å². The van der Waals surface area contributed by atoms with E-state index in [2.05, 4.69) is 144 Å². The SMILES string of the molecule is c1ccc(-c2nc(-c3cccc(-n4c5ccccc5c5ccccc54)c3)nc(-c3cccc4sc5cc(-c6nc7ccccc7s6)ccc5c34)n2)cc1. The average molecular weight is 714 g/mol. The third-order valence-electron chi connectivity index (χ3n) is 9.89. The van der Waals surface area contributed by atoms with Crippen LogP contribution >= 0.6 is 22.7 Å². The van der Waals surface area contributed by atoms with Crippen molar-refractivity contribution in [2.24, 2.45) is 0 Å². The van der Waals surface area contributed by atoms with E-state index in [4.69, 9.17) is 19.9 Å². The Morgan fingerprint density at radius 2 is 1.06 bits per heavy atom. The summed E-state index contributed by atoms with van der Waals surface area (Å²) in [5.41, 5.74) is 8.39. The van der Waals surface area contributed by atoms with Crippen molar-refractivity contribution >= 4 is 74.9 Å². The van der Waals surface area contributed by atoms with Gasteiger partial charge in [-0.3, -0.25) is 0 Å². The lowest BCUT2D eigenvalue weighted by atomic mass is 10.0. The zero-order valence-electron chi connectivity index (χ0n) is 28.1. The molecule has 11 aromatic rings. The third-order valence-corrected chi connectivity index (χ3v) is 12.1. The molecule has 248 valence electrons. The highest BCUT2D eigenvalue weighted by Gasteiger charge is 2.19. The van der Waals surface area contributed by atoms with Crippen molar-refractivity contribution < 1.29 is 0 Å². The number of nitrogens with zero attached hydrogens (tertiary/aromatic N) is 5. The lowest BCUT2D eigenvalue weighted by Crippen LogP contribution is -2.01. The minimum atomic E-state index is 0.631. The second-order valence-electron chi connectivity index (χ2n) is 13.1. The van der Waals surface area contributed by atoms with Gasteiger partial charge in [-0.15, -0.1) is 22.7 Å². The molecule has 0 spiro atoms. The van der Waals surface area contributed by atoms with E-state index in [0.717, 1.165) is 54.9 Å². The van der Waals surface area contributed by atoms with E-state index in [0.29, 0.717) is 17.5 Å². The highest BCUT2D eigenvalue weighted by Crippen LogP contribution is 2.42. The Morgan fingerprint density at radius 3 is 1.87 bits per heavy atom. The number of rotatable bonds is 5. The molecule has 11 rings (SSSR count). The molecule has 0 saturated carbocycles. The van der Waals surface area contributed by atoms with Crippen LogP contribution in [-0.2, 0) is 0 Å². The lowest BCUT2D eigenvalue weighted by molar-refractivity contribution is 1.07. The van der Waals surface area contributed by atoms with Crippen LogP contribution in [0.4, 0.5) is 0 Å². The van der Waals surface area contributed by atoms with E-state index in [9.17, 15) is 0 Å². The second-order valence-corrected chi connectivity index (χ2v) is 15.2. The summed E-state index contributed by atoms with van der Waals surface area (Å²) in [4.78, 5) is 20.4. The third kappa shape index (κ3) is 4.97. The Morgan fingerprint density at radius 1 is 0.396 bits per heavy atom. The summed E-state index contributed by atoms with van der Waals surface area (Å²) in [6, 6.07) is 57.3. The van der Waals surface area contributed by atoms with Gasteiger partial charge >= 0.3 is 0 Å². The van der Waals surface area contributed by atoms with Crippen molar-refractivity contribution in [3.8, 4) is 50.4 Å². The predicted octanol–water partition coefficient (Wildman–Crippen LogP) is 12.6. The van der Waals surface area contributed by atoms with Gasteiger partial charge in [-0.05, 0) is 48.5 Å². The van der Waals surface area contributed by atoms with Crippen LogP contribution in [-0.4, -0.2) is 24.5 Å². The zero-order chi connectivity index (χ0) is 34.9. The normalized spacial score (nSPS) is 11.8. The number of hydrogen-bond donors (Lipinski definition) is 0. The molecular weight excluding hydrogens is 687 g/mol. The molecule has 0 bridgehead atoms. The molecule has 4 heterocycles. The van der Waals surface area contributed by atoms with Gasteiger partial charge in [0.2, 0.25) is 0 Å². The molecule has 0 aliphatic heterocycles. The number of fused-ring (bicyclic) bond motifs is 7. The van der Waals surface area contributed by atoms with Gasteiger partial charge < -0.3 is 4.57 Å². The summed E-state index contributed by atoms with van der Waals surface area (Å²) in [6.45, 7) is 0. The van der Waals surface area contributed by atoms with E-state index in [1.165, 1.54) is 30.3 Å². The van der Waals surface area contributed by atoms with Gasteiger partial charge in [0.15, 0.2) is 17.5 Å². The first kappa shape index (κ1) is 30.1. The van der Waals surface area contributed by atoms with Crippen molar-refractivity contribution in [3.05, 3.63) is 164 Å². The van der Waals surface area contributed by atoms with Crippen LogP contribution in [0.15, 0.2) is 164 Å². The van der Waals surface area contributed by atoms with Gasteiger partial charge in [0, 0.05) is 58.9 Å². The molecular formula is C46H27N5S2. The van der Waals surface area contributed by atoms with Crippen molar-refractivity contribution in [1.82, 2.24) is 24.5 Å². The fraction of sp³-hybridized carbons (Fsp3) is 0. The van der Waals surface area contributed by atoms with Crippen molar-refractivity contribution in [3.63, 3.8) is 0 Å². The molecule has 53 heavy (non-hydrogen) atoms. The smallest absolute Gasteiger partial charge is 0.164 e. The Balaban J connectivity index is 1.09. The summed E-state index contributed by atoms with van der Waals surface area (Å²) >= 11 is 3.52. The summed E-state index contributed by atoms with van der Waals surface area (Å²) in [5, 5.41) is 5.82. The van der Waals surface area contributed by atoms with E-state index >= 15 is 0 Å². The molecule has 0 aliphatic carbocycles. The van der Waals surface area contributed by atoms with E-state index in [1.807, 2.05) is 24.3 Å². The summed E-state index contributed by atoms with van der Waals surface area (Å²) < 4.78 is 5.92. The molecule has 7 heteroatoms. The summed E-state index contributed by atoms with van der Waals surface area (Å²) in [7, 11) is 0. The molecule has 0 fully saturated rings. The fourth-order valence-corrected chi connectivity index (χ4v) is 9.60. The van der Waals surface area contributed by atoms with Crippen LogP contribution in [0.2, 0.25) is 0 Å². The quantitative estimate of drug-likeness (QED) is 0.178. The first-order valence-electron chi connectivity index (χ1n) is 17.5. The van der Waals surface area contributed by atoms with Crippen LogP contribution in [0.3, 0.4) is 0 Å². The standard InChI is InChI=1S/C46H27N5S2/c1-2-12-28(13-3-1)43-48-44(29-14-10-15-31(26-29)51-37-20-7-4-16-32(37)33-17-5-8-21-38(33)51)50-45(49-43)35-18-11-23-40-42(35)34-25-24-30(27-41(34)52-40)46-47-36-19-6-9-22-39(36)53-46/h1-27H. The molecule has 0 unspecified atom stereocenters. The first-order chi connectivity index (χ1) is 26.2. The van der Waals surface area contributed by atoms with Gasteiger partial charge in [-0.1, -0.05) is 115 Å². The van der Waals surface area contributed by atoms with E-state index in [-0.39, 0.29) is 0 Å². The van der Waals surface area contributed by atoms with Gasteiger partial charge in [0.05, 0.1) is 21.3 Å². The Kier molecular flexibility index (Phi) is 6.83. The van der Waals surface area contributed by atoms with Gasteiger partial charge in [0.25, 0.3) is 0 Å². The van der Waals surface area contributed by atoms with Gasteiger partial charge in [-0.25, -0.2) is 19.9 Å². The van der Waals surface area contributed by atoms with E-state index in [1.54, 1.807) is 22.7 Å². The molecule has 0 aliphatic rings. The van der Waals surface area contributed by atoms with Crippen LogP contribution in [0.1, 0.15) is 0 Å². The molecule has 5 nitrogen and oxygen atoms in total.